The zero-order valence-corrected chi connectivity index (χ0v) is 10.1. The molecule has 0 N–H and O–H groups in total. The van der Waals surface area contributed by atoms with Gasteiger partial charge in [-0.05, 0) is 31.6 Å². The lowest BCUT2D eigenvalue weighted by atomic mass is 9.79. The summed E-state index contributed by atoms with van der Waals surface area (Å²) in [6.07, 6.45) is 10.0. The Morgan fingerprint density at radius 2 is 2.07 bits per heavy atom. The van der Waals surface area contributed by atoms with E-state index in [9.17, 15) is 0 Å². The minimum atomic E-state index is 0.723. The molecule has 0 saturated carbocycles. The predicted octanol–water partition coefficient (Wildman–Crippen LogP) is 4.73. The van der Waals surface area contributed by atoms with Crippen molar-refractivity contribution in [1.82, 2.24) is 0 Å². The van der Waals surface area contributed by atoms with E-state index in [2.05, 4.69) is 39.8 Å². The summed E-state index contributed by atoms with van der Waals surface area (Å²) in [6.45, 7) is 9.18. The van der Waals surface area contributed by atoms with Gasteiger partial charge in [0.1, 0.15) is 0 Å². The normalized spacial score (nSPS) is 22.2. The van der Waals surface area contributed by atoms with Crippen LogP contribution in [0, 0.1) is 11.8 Å². The van der Waals surface area contributed by atoms with Crippen LogP contribution in [0.3, 0.4) is 0 Å². The molecule has 1 unspecified atom stereocenters. The fourth-order valence-electron chi connectivity index (χ4n) is 2.33. The average Bonchev–Trinajstić information content (AvgIpc) is 2.14. The third-order valence-electron chi connectivity index (χ3n) is 3.17. The summed E-state index contributed by atoms with van der Waals surface area (Å²) < 4.78 is 0. The van der Waals surface area contributed by atoms with Crippen LogP contribution < -0.4 is 0 Å². The van der Waals surface area contributed by atoms with Crippen LogP contribution in [0.4, 0.5) is 0 Å². The van der Waals surface area contributed by atoms with E-state index in [-0.39, 0.29) is 0 Å². The van der Waals surface area contributed by atoms with Gasteiger partial charge in [-0.25, -0.2) is 0 Å². The maximum atomic E-state index is 2.36. The minimum Gasteiger partial charge on any atom is -0.0727 e. The summed E-state index contributed by atoms with van der Waals surface area (Å²) in [6, 6.07) is 0. The second-order valence-electron chi connectivity index (χ2n) is 4.88. The maximum absolute atomic E-state index is 2.36. The molecule has 1 aliphatic rings. The van der Waals surface area contributed by atoms with Crippen molar-refractivity contribution in [1.29, 1.82) is 0 Å². The first kappa shape index (κ1) is 11.6. The van der Waals surface area contributed by atoms with Crippen LogP contribution >= 0.6 is 0 Å². The predicted molar refractivity (Wildman–Crippen MR) is 64.3 cm³/mol. The molecular weight excluding hydrogens is 168 g/mol. The minimum absolute atomic E-state index is 0.723. The van der Waals surface area contributed by atoms with Crippen molar-refractivity contribution in [2.24, 2.45) is 11.8 Å². The smallest absolute Gasteiger partial charge is 0.0160 e. The fourth-order valence-corrected chi connectivity index (χ4v) is 2.33. The molecule has 14 heavy (non-hydrogen) atoms. The molecule has 0 saturated heterocycles. The lowest BCUT2D eigenvalue weighted by molar-refractivity contribution is 0.476. The van der Waals surface area contributed by atoms with Crippen molar-refractivity contribution in [3.8, 4) is 0 Å². The highest BCUT2D eigenvalue weighted by atomic mass is 14.2. The van der Waals surface area contributed by atoms with E-state index in [0.29, 0.717) is 0 Å². The third-order valence-corrected chi connectivity index (χ3v) is 3.17. The van der Waals surface area contributed by atoms with E-state index in [1.54, 1.807) is 11.1 Å². The van der Waals surface area contributed by atoms with Crippen LogP contribution in [0.15, 0.2) is 23.3 Å². The van der Waals surface area contributed by atoms with Crippen molar-refractivity contribution in [2.75, 3.05) is 0 Å². The average molecular weight is 192 g/mol. The Labute approximate surface area is 89.1 Å². The molecule has 80 valence electrons. The van der Waals surface area contributed by atoms with Crippen LogP contribution in [-0.2, 0) is 0 Å². The highest BCUT2D eigenvalue weighted by Gasteiger charge is 2.19. The van der Waals surface area contributed by atoms with Crippen LogP contribution in [0.2, 0.25) is 0 Å². The first-order chi connectivity index (χ1) is 6.65. The third kappa shape index (κ3) is 3.01. The lowest BCUT2D eigenvalue weighted by Gasteiger charge is -2.26. The van der Waals surface area contributed by atoms with Crippen LogP contribution in [0.1, 0.15) is 53.4 Å². The van der Waals surface area contributed by atoms with E-state index in [4.69, 9.17) is 0 Å². The van der Waals surface area contributed by atoms with Gasteiger partial charge in [-0.1, -0.05) is 56.9 Å². The van der Waals surface area contributed by atoms with E-state index < -0.39 is 0 Å². The van der Waals surface area contributed by atoms with Crippen molar-refractivity contribution < 1.29 is 0 Å². The molecule has 0 heteroatoms. The van der Waals surface area contributed by atoms with Crippen LogP contribution in [0.5, 0.6) is 0 Å². The van der Waals surface area contributed by atoms with E-state index in [1.165, 1.54) is 25.7 Å². The second kappa shape index (κ2) is 5.38. The molecule has 0 aromatic carbocycles. The van der Waals surface area contributed by atoms with Gasteiger partial charge in [-0.3, -0.25) is 0 Å². The Morgan fingerprint density at radius 1 is 1.36 bits per heavy atom. The molecule has 0 spiro atoms. The number of allylic oxidation sites excluding steroid dienone is 4. The summed E-state index contributed by atoms with van der Waals surface area (Å²) >= 11 is 0. The number of rotatable bonds is 4. The first-order valence-electron chi connectivity index (χ1n) is 6.02. The molecule has 0 heterocycles. The summed E-state index contributed by atoms with van der Waals surface area (Å²) in [5, 5.41) is 0. The molecule has 0 radical (unpaired) electrons. The summed E-state index contributed by atoms with van der Waals surface area (Å²) in [4.78, 5) is 0. The number of hydrogen-bond donors (Lipinski definition) is 0. The zero-order chi connectivity index (χ0) is 10.6. The van der Waals surface area contributed by atoms with Gasteiger partial charge in [0.25, 0.3) is 0 Å². The second-order valence-corrected chi connectivity index (χ2v) is 4.88. The van der Waals surface area contributed by atoms with Gasteiger partial charge < -0.3 is 0 Å². The molecule has 0 aromatic heterocycles. The molecule has 0 nitrogen and oxygen atoms in total. The van der Waals surface area contributed by atoms with Gasteiger partial charge in [0, 0.05) is 0 Å². The van der Waals surface area contributed by atoms with E-state index >= 15 is 0 Å². The Morgan fingerprint density at radius 3 is 2.64 bits per heavy atom. The molecule has 0 aliphatic heterocycles. The SMILES string of the molecule is CCCCC1CC(C)=CC=C1C(C)C. The standard InChI is InChI=1S/C14H24/c1-5-6-7-13-10-12(4)8-9-14(13)11(2)3/h8-9,11,13H,5-7,10H2,1-4H3. The van der Waals surface area contributed by atoms with Crippen molar-refractivity contribution >= 4 is 0 Å². The number of unbranched alkanes of at least 4 members (excludes halogenated alkanes) is 1. The van der Waals surface area contributed by atoms with Crippen molar-refractivity contribution in [3.05, 3.63) is 23.3 Å². The van der Waals surface area contributed by atoms with Crippen LogP contribution in [0.25, 0.3) is 0 Å². The molecule has 1 rings (SSSR count). The van der Waals surface area contributed by atoms with Gasteiger partial charge in [-0.15, -0.1) is 0 Å². The monoisotopic (exact) mass is 192 g/mol. The van der Waals surface area contributed by atoms with Gasteiger partial charge >= 0.3 is 0 Å². The van der Waals surface area contributed by atoms with Crippen molar-refractivity contribution in [2.45, 2.75) is 53.4 Å². The van der Waals surface area contributed by atoms with Gasteiger partial charge in [0.2, 0.25) is 0 Å². The highest BCUT2D eigenvalue weighted by Crippen LogP contribution is 2.33. The zero-order valence-electron chi connectivity index (χ0n) is 10.1. The van der Waals surface area contributed by atoms with Gasteiger partial charge in [0.15, 0.2) is 0 Å². The van der Waals surface area contributed by atoms with Gasteiger partial charge in [-0.2, -0.15) is 0 Å². The maximum Gasteiger partial charge on any atom is -0.0160 e. The molecular formula is C14H24. The number of hydrogen-bond acceptors (Lipinski definition) is 0. The summed E-state index contributed by atoms with van der Waals surface area (Å²) in [7, 11) is 0. The first-order valence-corrected chi connectivity index (χ1v) is 6.02. The largest absolute Gasteiger partial charge is 0.0727 e. The quantitative estimate of drug-likeness (QED) is 0.604. The van der Waals surface area contributed by atoms with E-state index in [0.717, 1.165) is 11.8 Å². The summed E-state index contributed by atoms with van der Waals surface area (Å²) in [5.74, 6) is 1.56. The molecule has 0 amide bonds. The molecule has 0 aromatic rings. The fraction of sp³-hybridized carbons (Fsp3) is 0.714. The molecule has 0 fully saturated rings. The Bertz CT molecular complexity index is 230. The highest BCUT2D eigenvalue weighted by molar-refractivity contribution is 5.26. The molecule has 1 aliphatic carbocycles. The molecule has 0 bridgehead atoms. The Balaban J connectivity index is 2.65. The van der Waals surface area contributed by atoms with E-state index in [1.807, 2.05) is 0 Å². The van der Waals surface area contributed by atoms with Crippen molar-refractivity contribution in [3.63, 3.8) is 0 Å². The molecule has 1 atom stereocenters. The summed E-state index contributed by atoms with van der Waals surface area (Å²) in [5.41, 5.74) is 3.22. The van der Waals surface area contributed by atoms with Gasteiger partial charge in [0.05, 0.1) is 0 Å². The Hall–Kier alpha value is -0.520. The topological polar surface area (TPSA) is 0 Å². The Kier molecular flexibility index (Phi) is 4.44. The van der Waals surface area contributed by atoms with Crippen LogP contribution in [-0.4, -0.2) is 0 Å². The lowest BCUT2D eigenvalue weighted by Crippen LogP contribution is -2.12.